The van der Waals surface area contributed by atoms with Crippen molar-refractivity contribution in [2.75, 3.05) is 0 Å². The molecule has 0 spiro atoms. The van der Waals surface area contributed by atoms with Crippen LogP contribution in [0.15, 0.2) is 63.9 Å². The number of sulfonamides is 1. The third-order valence-corrected chi connectivity index (χ3v) is 5.12. The largest absolute Gasteiger partial charge is 0.438 e. The van der Waals surface area contributed by atoms with E-state index in [0.717, 1.165) is 0 Å². The molecule has 118 valence electrons. The van der Waals surface area contributed by atoms with Gasteiger partial charge in [-0.1, -0.05) is 48.0 Å². The summed E-state index contributed by atoms with van der Waals surface area (Å²) in [6.45, 7) is 0.0360. The summed E-state index contributed by atoms with van der Waals surface area (Å²) >= 11 is 6.02. The standard InChI is InChI=1S/C16H13ClN2O3S/c17-13-7-3-1-6-12(13)10-19-23(20,21)15-9-11-5-2-4-8-14(11)22-16(15)18/h1-9,18-19H,10H2. The maximum Gasteiger partial charge on any atom is 0.246 e. The molecule has 7 heteroatoms. The Balaban J connectivity index is 1.95. The van der Waals surface area contributed by atoms with E-state index in [2.05, 4.69) is 4.72 Å². The zero-order valence-corrected chi connectivity index (χ0v) is 13.5. The summed E-state index contributed by atoms with van der Waals surface area (Å²) < 4.78 is 32.6. The molecule has 2 N–H and O–H groups in total. The molecule has 0 saturated heterocycles. The third kappa shape index (κ3) is 3.29. The fourth-order valence-corrected chi connectivity index (χ4v) is 3.42. The van der Waals surface area contributed by atoms with Gasteiger partial charge in [0.2, 0.25) is 15.6 Å². The van der Waals surface area contributed by atoms with Gasteiger partial charge in [0.1, 0.15) is 10.5 Å². The smallest absolute Gasteiger partial charge is 0.246 e. The zero-order valence-electron chi connectivity index (χ0n) is 11.9. The van der Waals surface area contributed by atoms with Crippen LogP contribution in [-0.2, 0) is 16.6 Å². The molecular formula is C16H13ClN2O3S. The molecule has 0 bridgehead atoms. The van der Waals surface area contributed by atoms with Crippen molar-refractivity contribution in [2.45, 2.75) is 11.4 Å². The van der Waals surface area contributed by atoms with Gasteiger partial charge in [0.05, 0.1) is 0 Å². The Bertz CT molecular complexity index is 1030. The van der Waals surface area contributed by atoms with Crippen LogP contribution < -0.4 is 10.3 Å². The molecule has 0 unspecified atom stereocenters. The van der Waals surface area contributed by atoms with Crippen LogP contribution in [0.1, 0.15) is 5.56 Å². The second kappa shape index (κ2) is 6.16. The molecule has 0 atom stereocenters. The van der Waals surface area contributed by atoms with E-state index in [9.17, 15) is 8.42 Å². The molecule has 0 aliphatic heterocycles. The van der Waals surface area contributed by atoms with Crippen LogP contribution in [0.25, 0.3) is 11.0 Å². The van der Waals surface area contributed by atoms with E-state index in [0.29, 0.717) is 21.6 Å². The number of benzene rings is 2. The quantitative estimate of drug-likeness (QED) is 0.760. The normalized spacial score (nSPS) is 11.7. The van der Waals surface area contributed by atoms with Crippen molar-refractivity contribution in [1.29, 1.82) is 5.41 Å². The number of hydrogen-bond acceptors (Lipinski definition) is 4. The lowest BCUT2D eigenvalue weighted by atomic mass is 10.2. The van der Waals surface area contributed by atoms with Gasteiger partial charge in [-0.3, -0.25) is 5.41 Å². The summed E-state index contributed by atoms with van der Waals surface area (Å²) in [6.07, 6.45) is 0. The SMILES string of the molecule is N=c1oc2ccccc2cc1S(=O)(=O)NCc1ccccc1Cl. The predicted molar refractivity (Wildman–Crippen MR) is 87.5 cm³/mol. The lowest BCUT2D eigenvalue weighted by Crippen LogP contribution is -2.28. The Labute approximate surface area is 138 Å². The van der Waals surface area contributed by atoms with Gasteiger partial charge in [-0.15, -0.1) is 0 Å². The number of rotatable bonds is 4. The topological polar surface area (TPSA) is 83.2 Å². The van der Waals surface area contributed by atoms with Crippen molar-refractivity contribution in [2.24, 2.45) is 0 Å². The molecule has 0 fully saturated rings. The molecule has 23 heavy (non-hydrogen) atoms. The monoisotopic (exact) mass is 348 g/mol. The molecule has 3 rings (SSSR count). The van der Waals surface area contributed by atoms with Gasteiger partial charge < -0.3 is 4.42 Å². The van der Waals surface area contributed by atoms with Crippen LogP contribution in [0.3, 0.4) is 0 Å². The first kappa shape index (κ1) is 15.7. The molecule has 2 aromatic carbocycles. The first-order valence-corrected chi connectivity index (χ1v) is 8.64. The van der Waals surface area contributed by atoms with Crippen molar-refractivity contribution < 1.29 is 12.8 Å². The Morgan fingerprint density at radius 2 is 1.78 bits per heavy atom. The molecule has 1 heterocycles. The van der Waals surface area contributed by atoms with Crippen LogP contribution in [0.5, 0.6) is 0 Å². The number of hydrogen-bond donors (Lipinski definition) is 2. The molecule has 0 saturated carbocycles. The maximum atomic E-state index is 12.4. The zero-order chi connectivity index (χ0) is 16.4. The minimum atomic E-state index is -3.89. The molecule has 5 nitrogen and oxygen atoms in total. The Hall–Kier alpha value is -2.15. The van der Waals surface area contributed by atoms with Gasteiger partial charge >= 0.3 is 0 Å². The van der Waals surface area contributed by atoms with E-state index in [1.54, 1.807) is 48.5 Å². The van der Waals surface area contributed by atoms with Gasteiger partial charge in [0.25, 0.3) is 0 Å². The first-order valence-electron chi connectivity index (χ1n) is 6.78. The van der Waals surface area contributed by atoms with E-state index < -0.39 is 15.6 Å². The fraction of sp³-hybridized carbons (Fsp3) is 0.0625. The number of halogens is 1. The van der Waals surface area contributed by atoms with Gasteiger partial charge in [-0.2, -0.15) is 0 Å². The molecule has 0 aliphatic carbocycles. The predicted octanol–water partition coefficient (Wildman–Crippen LogP) is 3.04. The highest BCUT2D eigenvalue weighted by molar-refractivity contribution is 7.89. The lowest BCUT2D eigenvalue weighted by molar-refractivity contribution is 0.504. The minimum absolute atomic E-state index is 0.0360. The Kier molecular flexibility index (Phi) is 4.21. The summed E-state index contributed by atoms with van der Waals surface area (Å²) in [5.74, 6) is 0. The number of fused-ring (bicyclic) bond motifs is 1. The summed E-state index contributed by atoms with van der Waals surface area (Å²) in [4.78, 5) is -0.205. The minimum Gasteiger partial charge on any atom is -0.438 e. The molecule has 0 radical (unpaired) electrons. The maximum absolute atomic E-state index is 12.4. The van der Waals surface area contributed by atoms with Crippen LogP contribution in [-0.4, -0.2) is 8.42 Å². The fourth-order valence-electron chi connectivity index (χ4n) is 2.15. The summed E-state index contributed by atoms with van der Waals surface area (Å²) in [6, 6.07) is 15.3. The lowest BCUT2D eigenvalue weighted by Gasteiger charge is -2.08. The van der Waals surface area contributed by atoms with Crippen LogP contribution in [0.2, 0.25) is 5.02 Å². The molecule has 0 aliphatic rings. The highest BCUT2D eigenvalue weighted by atomic mass is 35.5. The van der Waals surface area contributed by atoms with E-state index in [-0.39, 0.29) is 11.4 Å². The number of para-hydroxylation sites is 1. The van der Waals surface area contributed by atoms with Crippen molar-refractivity contribution in [3.63, 3.8) is 0 Å². The van der Waals surface area contributed by atoms with E-state index >= 15 is 0 Å². The highest BCUT2D eigenvalue weighted by Gasteiger charge is 2.19. The molecular weight excluding hydrogens is 336 g/mol. The molecule has 0 amide bonds. The van der Waals surface area contributed by atoms with Gasteiger partial charge in [-0.25, -0.2) is 13.1 Å². The first-order chi connectivity index (χ1) is 11.0. The van der Waals surface area contributed by atoms with Crippen molar-refractivity contribution in [3.8, 4) is 0 Å². The second-order valence-corrected chi connectivity index (χ2v) is 7.04. The van der Waals surface area contributed by atoms with Gasteiger partial charge in [0, 0.05) is 17.0 Å². The van der Waals surface area contributed by atoms with E-state index in [1.165, 1.54) is 6.07 Å². The third-order valence-electron chi connectivity index (χ3n) is 3.34. The van der Waals surface area contributed by atoms with Crippen molar-refractivity contribution in [1.82, 2.24) is 4.72 Å². The highest BCUT2D eigenvalue weighted by Crippen LogP contribution is 2.17. The Morgan fingerprint density at radius 3 is 2.57 bits per heavy atom. The van der Waals surface area contributed by atoms with Crippen LogP contribution in [0, 0.1) is 5.41 Å². The van der Waals surface area contributed by atoms with Crippen molar-refractivity contribution >= 4 is 32.6 Å². The molecule has 3 aromatic rings. The van der Waals surface area contributed by atoms with Crippen molar-refractivity contribution in [3.05, 3.63) is 70.7 Å². The van der Waals surface area contributed by atoms with Gasteiger partial charge in [-0.05, 0) is 23.8 Å². The average molecular weight is 349 g/mol. The summed E-state index contributed by atoms with van der Waals surface area (Å²) in [5, 5.41) is 8.91. The average Bonchev–Trinajstić information content (AvgIpc) is 2.53. The molecule has 1 aromatic heterocycles. The van der Waals surface area contributed by atoms with Crippen LogP contribution >= 0.6 is 11.6 Å². The van der Waals surface area contributed by atoms with Crippen LogP contribution in [0.4, 0.5) is 0 Å². The number of nitrogens with one attached hydrogen (secondary N) is 2. The van der Waals surface area contributed by atoms with E-state index in [4.69, 9.17) is 21.4 Å². The Morgan fingerprint density at radius 1 is 1.09 bits per heavy atom. The second-order valence-electron chi connectivity index (χ2n) is 4.89. The van der Waals surface area contributed by atoms with Gasteiger partial charge in [0.15, 0.2) is 0 Å². The summed E-state index contributed by atoms with van der Waals surface area (Å²) in [5.41, 5.74) is 0.708. The van der Waals surface area contributed by atoms with E-state index in [1.807, 2.05) is 0 Å². The summed E-state index contributed by atoms with van der Waals surface area (Å²) in [7, 11) is -3.89.